The van der Waals surface area contributed by atoms with Crippen molar-refractivity contribution in [1.82, 2.24) is 0 Å². The summed E-state index contributed by atoms with van der Waals surface area (Å²) in [7, 11) is -1.71. The van der Waals surface area contributed by atoms with E-state index in [-0.39, 0.29) is 18.1 Å². The number of sulfone groups is 1. The zero-order valence-electron chi connectivity index (χ0n) is 8.94. The van der Waals surface area contributed by atoms with Crippen LogP contribution in [-0.4, -0.2) is 27.8 Å². The highest BCUT2D eigenvalue weighted by Crippen LogP contribution is 2.24. The Labute approximate surface area is 100 Å². The minimum atomic E-state index is -3.20. The Morgan fingerprint density at radius 1 is 1.44 bits per heavy atom. The largest absolute Gasteiger partial charge is 0.496 e. The fourth-order valence-corrected chi connectivity index (χ4v) is 2.75. The van der Waals surface area contributed by atoms with Crippen LogP contribution >= 0.6 is 11.6 Å². The number of hydrogen-bond acceptors (Lipinski definition) is 4. The van der Waals surface area contributed by atoms with Crippen LogP contribution in [0.25, 0.3) is 0 Å². The van der Waals surface area contributed by atoms with Crippen LogP contribution in [0.3, 0.4) is 0 Å². The number of benzene rings is 1. The Morgan fingerprint density at radius 3 is 2.69 bits per heavy atom. The van der Waals surface area contributed by atoms with E-state index >= 15 is 0 Å². The maximum atomic E-state index is 11.6. The molecule has 2 N–H and O–H groups in total. The molecule has 90 valence electrons. The molecular formula is C10H14ClNO3S. The van der Waals surface area contributed by atoms with Gasteiger partial charge in [0.1, 0.15) is 5.75 Å². The molecule has 0 saturated carbocycles. The molecule has 0 unspecified atom stereocenters. The summed E-state index contributed by atoms with van der Waals surface area (Å²) >= 11 is 5.80. The molecule has 1 aromatic carbocycles. The van der Waals surface area contributed by atoms with Gasteiger partial charge in [0, 0.05) is 17.1 Å². The van der Waals surface area contributed by atoms with Gasteiger partial charge >= 0.3 is 0 Å². The van der Waals surface area contributed by atoms with Crippen molar-refractivity contribution in [2.24, 2.45) is 5.73 Å². The standard InChI is InChI=1S/C10H14ClNO3S/c1-15-10-3-2-9(11)6-8(10)7-16(13,14)5-4-12/h2-3,6H,4-5,7,12H2,1H3. The van der Waals surface area contributed by atoms with Crippen molar-refractivity contribution in [3.05, 3.63) is 28.8 Å². The first-order chi connectivity index (χ1) is 7.48. The highest BCUT2D eigenvalue weighted by molar-refractivity contribution is 7.90. The van der Waals surface area contributed by atoms with Crippen LogP contribution in [-0.2, 0) is 15.6 Å². The van der Waals surface area contributed by atoms with Gasteiger partial charge in [0.05, 0.1) is 18.6 Å². The van der Waals surface area contributed by atoms with E-state index in [4.69, 9.17) is 22.1 Å². The second kappa shape index (κ2) is 5.52. The lowest BCUT2D eigenvalue weighted by molar-refractivity contribution is 0.411. The van der Waals surface area contributed by atoms with E-state index < -0.39 is 9.84 Å². The topological polar surface area (TPSA) is 69.4 Å². The van der Waals surface area contributed by atoms with Crippen molar-refractivity contribution in [3.8, 4) is 5.75 Å². The van der Waals surface area contributed by atoms with Crippen LogP contribution in [0.5, 0.6) is 5.75 Å². The van der Waals surface area contributed by atoms with Gasteiger partial charge in [-0.15, -0.1) is 0 Å². The van der Waals surface area contributed by atoms with Gasteiger partial charge in [-0.05, 0) is 18.2 Å². The molecular weight excluding hydrogens is 250 g/mol. The molecule has 0 fully saturated rings. The smallest absolute Gasteiger partial charge is 0.155 e. The summed E-state index contributed by atoms with van der Waals surface area (Å²) in [6.07, 6.45) is 0. The number of ether oxygens (including phenoxy) is 1. The highest BCUT2D eigenvalue weighted by atomic mass is 35.5. The third-order valence-corrected chi connectivity index (χ3v) is 3.89. The molecule has 0 bridgehead atoms. The summed E-state index contributed by atoms with van der Waals surface area (Å²) in [6, 6.07) is 4.89. The lowest BCUT2D eigenvalue weighted by atomic mass is 10.2. The van der Waals surface area contributed by atoms with Gasteiger partial charge < -0.3 is 10.5 Å². The summed E-state index contributed by atoms with van der Waals surface area (Å²) in [6.45, 7) is 0.116. The molecule has 0 atom stereocenters. The minimum absolute atomic E-state index is 0.0390. The lowest BCUT2D eigenvalue weighted by Gasteiger charge is -2.09. The summed E-state index contributed by atoms with van der Waals surface area (Å²) in [5, 5.41) is 0.485. The number of hydrogen-bond donors (Lipinski definition) is 1. The third kappa shape index (κ3) is 3.66. The zero-order chi connectivity index (χ0) is 12.2. The van der Waals surface area contributed by atoms with Crippen LogP contribution < -0.4 is 10.5 Å². The molecule has 0 aliphatic heterocycles. The highest BCUT2D eigenvalue weighted by Gasteiger charge is 2.14. The van der Waals surface area contributed by atoms with E-state index in [1.165, 1.54) is 7.11 Å². The van der Waals surface area contributed by atoms with Gasteiger partial charge in [0.25, 0.3) is 0 Å². The van der Waals surface area contributed by atoms with Crippen molar-refractivity contribution in [3.63, 3.8) is 0 Å². The molecule has 0 aromatic heterocycles. The first-order valence-electron chi connectivity index (χ1n) is 4.71. The van der Waals surface area contributed by atoms with Crippen LogP contribution in [0.1, 0.15) is 5.56 Å². The molecule has 1 aromatic rings. The molecule has 0 saturated heterocycles. The van der Waals surface area contributed by atoms with Crippen LogP contribution in [0.4, 0.5) is 0 Å². The lowest BCUT2D eigenvalue weighted by Crippen LogP contribution is -2.17. The average Bonchev–Trinajstić information content (AvgIpc) is 2.17. The number of methoxy groups -OCH3 is 1. The summed E-state index contributed by atoms with van der Waals surface area (Å²) < 4.78 is 28.3. The van der Waals surface area contributed by atoms with Crippen molar-refractivity contribution in [2.45, 2.75) is 5.75 Å². The third-order valence-electron chi connectivity index (χ3n) is 2.05. The second-order valence-corrected chi connectivity index (χ2v) is 5.96. The van der Waals surface area contributed by atoms with Crippen molar-refractivity contribution in [2.75, 3.05) is 19.4 Å². The van der Waals surface area contributed by atoms with E-state index in [1.807, 2.05) is 0 Å². The molecule has 0 aliphatic carbocycles. The van der Waals surface area contributed by atoms with Gasteiger partial charge in [-0.2, -0.15) is 0 Å². The molecule has 1 rings (SSSR count). The molecule has 16 heavy (non-hydrogen) atoms. The van der Waals surface area contributed by atoms with Crippen LogP contribution in [0.2, 0.25) is 5.02 Å². The molecule has 0 heterocycles. The van der Waals surface area contributed by atoms with Crippen molar-refractivity contribution >= 4 is 21.4 Å². The van der Waals surface area contributed by atoms with Gasteiger partial charge in [-0.1, -0.05) is 11.6 Å². The van der Waals surface area contributed by atoms with E-state index in [0.29, 0.717) is 16.3 Å². The molecule has 4 nitrogen and oxygen atoms in total. The van der Waals surface area contributed by atoms with E-state index in [9.17, 15) is 8.42 Å². The predicted molar refractivity (Wildman–Crippen MR) is 64.5 cm³/mol. The normalized spacial score (nSPS) is 11.4. The number of halogens is 1. The van der Waals surface area contributed by atoms with Crippen LogP contribution in [0, 0.1) is 0 Å². The monoisotopic (exact) mass is 263 g/mol. The second-order valence-electron chi connectivity index (χ2n) is 3.34. The summed E-state index contributed by atoms with van der Waals surface area (Å²) in [5.41, 5.74) is 5.79. The Bertz CT molecular complexity index is 459. The first kappa shape index (κ1) is 13.3. The SMILES string of the molecule is COc1ccc(Cl)cc1CS(=O)(=O)CCN. The van der Waals surface area contributed by atoms with E-state index in [2.05, 4.69) is 0 Å². The van der Waals surface area contributed by atoms with E-state index in [0.717, 1.165) is 0 Å². The Kier molecular flexibility index (Phi) is 4.58. The molecule has 0 spiro atoms. The number of nitrogens with two attached hydrogens (primary N) is 1. The first-order valence-corrected chi connectivity index (χ1v) is 6.91. The zero-order valence-corrected chi connectivity index (χ0v) is 10.5. The van der Waals surface area contributed by atoms with Gasteiger partial charge in [-0.25, -0.2) is 8.42 Å². The minimum Gasteiger partial charge on any atom is -0.496 e. The van der Waals surface area contributed by atoms with Crippen molar-refractivity contribution in [1.29, 1.82) is 0 Å². The quantitative estimate of drug-likeness (QED) is 0.867. The Hall–Kier alpha value is -0.780. The van der Waals surface area contributed by atoms with E-state index in [1.54, 1.807) is 18.2 Å². The Balaban J connectivity index is 3.00. The van der Waals surface area contributed by atoms with Gasteiger partial charge in [0.2, 0.25) is 0 Å². The maximum Gasteiger partial charge on any atom is 0.155 e. The summed E-state index contributed by atoms with van der Waals surface area (Å²) in [5.74, 6) is 0.376. The molecule has 0 amide bonds. The Morgan fingerprint density at radius 2 is 2.12 bits per heavy atom. The predicted octanol–water partition coefficient (Wildman–Crippen LogP) is 1.22. The molecule has 0 aliphatic rings. The fourth-order valence-electron chi connectivity index (χ4n) is 1.35. The molecule has 0 radical (unpaired) electrons. The van der Waals surface area contributed by atoms with Crippen LogP contribution in [0.15, 0.2) is 18.2 Å². The summed E-state index contributed by atoms with van der Waals surface area (Å²) in [4.78, 5) is 0. The molecule has 6 heteroatoms. The van der Waals surface area contributed by atoms with Gasteiger partial charge in [0.15, 0.2) is 9.84 Å². The maximum absolute atomic E-state index is 11.6. The van der Waals surface area contributed by atoms with Crippen molar-refractivity contribution < 1.29 is 13.2 Å². The average molecular weight is 264 g/mol. The number of rotatable bonds is 5. The van der Waals surface area contributed by atoms with Gasteiger partial charge in [-0.3, -0.25) is 0 Å². The fraction of sp³-hybridized carbons (Fsp3) is 0.400.